The number of rotatable bonds is 9. The fraction of sp³-hybridized carbons (Fsp3) is 0. The van der Waals surface area contributed by atoms with Gasteiger partial charge in [0.2, 0.25) is 0 Å². The predicted octanol–water partition coefficient (Wildman–Crippen LogP) is 34.8. The van der Waals surface area contributed by atoms with Crippen LogP contribution < -0.4 is 0 Å². The Hall–Kier alpha value is -18.4. The van der Waals surface area contributed by atoms with Gasteiger partial charge in [0, 0.05) is 152 Å². The average molecular weight is 1790 g/mol. The van der Waals surface area contributed by atoms with Crippen molar-refractivity contribution < 1.29 is 8.83 Å². The highest BCUT2D eigenvalue weighted by atomic mass is 32.1. The van der Waals surface area contributed by atoms with Crippen LogP contribution in [0.4, 0.5) is 0 Å². The molecule has 0 saturated heterocycles. The summed E-state index contributed by atoms with van der Waals surface area (Å²) in [7, 11) is 0. The highest BCUT2D eigenvalue weighted by Crippen LogP contribution is 2.50. The van der Waals surface area contributed by atoms with Crippen LogP contribution in [0.5, 0.6) is 0 Å². The van der Waals surface area contributed by atoms with E-state index in [1.54, 1.807) is 0 Å². The van der Waals surface area contributed by atoms with Gasteiger partial charge >= 0.3 is 0 Å². The number of nitrogens with zero attached hydrogens (tertiary/aromatic N) is 8. The van der Waals surface area contributed by atoms with Crippen molar-refractivity contribution in [3.8, 4) is 67.8 Å². The molecule has 11 heteroatoms. The van der Waals surface area contributed by atoms with Gasteiger partial charge in [0.1, 0.15) is 22.3 Å². The van der Waals surface area contributed by atoms with Gasteiger partial charge in [-0.1, -0.05) is 285 Å². The Morgan fingerprint density at radius 2 is 0.489 bits per heavy atom. The minimum Gasteiger partial charge on any atom is -0.456 e. The summed E-state index contributed by atoms with van der Waals surface area (Å²) < 4.78 is 29.8. The third kappa shape index (κ3) is 12.2. The van der Waals surface area contributed by atoms with Crippen molar-refractivity contribution in [2.24, 2.45) is 0 Å². The smallest absolute Gasteiger partial charge is 0.136 e. The molecule has 0 N–H and O–H groups in total. The highest BCUT2D eigenvalue weighted by molar-refractivity contribution is 7.26. The molecule has 0 amide bonds. The molecule has 0 aliphatic rings. The first-order valence-electron chi connectivity index (χ1n) is 47.2. The fourth-order valence-corrected chi connectivity index (χ4v) is 23.6. The molecule has 31 aromatic rings. The molecular formula is C128H78N8O2S. The van der Waals surface area contributed by atoms with E-state index in [0.717, 1.165) is 112 Å². The molecule has 0 saturated carbocycles. The quantitative estimate of drug-likeness (QED) is 0.144. The van der Waals surface area contributed by atoms with Crippen molar-refractivity contribution in [2.45, 2.75) is 0 Å². The number of para-hydroxylation sites is 11. The molecule has 0 fully saturated rings. The van der Waals surface area contributed by atoms with E-state index in [-0.39, 0.29) is 0 Å². The first-order valence-corrected chi connectivity index (χ1v) is 48.0. The van der Waals surface area contributed by atoms with Crippen LogP contribution in [0.3, 0.4) is 0 Å². The summed E-state index contributed by atoms with van der Waals surface area (Å²) >= 11 is 1.90. The second-order valence-corrected chi connectivity index (χ2v) is 37.2. The Bertz CT molecular complexity index is 10500. The number of thiophene rings is 1. The van der Waals surface area contributed by atoms with Crippen molar-refractivity contribution in [1.82, 2.24) is 37.4 Å². The second kappa shape index (κ2) is 31.1. The molecular weight excluding hydrogens is 1710 g/mol. The van der Waals surface area contributed by atoms with E-state index in [4.69, 9.17) is 18.8 Å². The molecule has 0 spiro atoms. The lowest BCUT2D eigenvalue weighted by molar-refractivity contribution is 0.669. The first kappa shape index (κ1) is 78.1. The number of hydrogen-bond acceptors (Lipinski definition) is 5. The van der Waals surface area contributed by atoms with E-state index < -0.39 is 0 Å². The van der Waals surface area contributed by atoms with Crippen LogP contribution in [-0.4, -0.2) is 37.4 Å². The van der Waals surface area contributed by atoms with E-state index >= 15 is 0 Å². The maximum atomic E-state index is 6.38. The first-order chi connectivity index (χ1) is 68.9. The topological polar surface area (TPSA) is 81.6 Å². The largest absolute Gasteiger partial charge is 0.456 e. The Labute approximate surface area is 798 Å². The minimum absolute atomic E-state index is 0.875. The van der Waals surface area contributed by atoms with Crippen molar-refractivity contribution >= 4 is 217 Å². The fourth-order valence-electron chi connectivity index (χ4n) is 22.3. The zero-order valence-corrected chi connectivity index (χ0v) is 75.7. The van der Waals surface area contributed by atoms with Gasteiger partial charge < -0.3 is 36.2 Å². The molecule has 0 bridgehead atoms. The van der Waals surface area contributed by atoms with Crippen LogP contribution >= 0.6 is 11.3 Å². The molecule has 31 rings (SSSR count). The molecule has 0 aliphatic heterocycles. The summed E-state index contributed by atoms with van der Waals surface area (Å²) in [5, 5.41) is 22.0. The van der Waals surface area contributed by atoms with Crippen molar-refractivity contribution in [1.29, 1.82) is 0 Å². The molecule has 21 aromatic carbocycles. The van der Waals surface area contributed by atoms with Crippen molar-refractivity contribution in [2.75, 3.05) is 0 Å². The summed E-state index contributed by atoms with van der Waals surface area (Å²) in [6, 6.07) is 169. The summed E-state index contributed by atoms with van der Waals surface area (Å²) in [5.41, 5.74) is 32.8. The maximum Gasteiger partial charge on any atom is 0.136 e. The minimum atomic E-state index is 0.875. The molecule has 10 nitrogen and oxygen atoms in total. The SMILES string of the molecule is c1ccc(-c2cccc(-n3c4ccccc4c4cc5c6cc7oc8ccccc8c7cc6n(-c6ccccc6)c5cc43)c2)cc1.c1ccc(-c2nc3ccccc3nc2-c2ccc(-n3c4ccccc4c4cc5c6c7sc8ccccc8c7ccc6n(-c6ccccc6)c5cc43)cc2)cc1.c1ccc(-n2c3ccccc3c3cc4c5cc6oc7ccccc7c6cc5n(-c5ccccc5)c4cc32)cc1. The Morgan fingerprint density at radius 1 is 0.165 bits per heavy atom. The molecule has 10 aromatic heterocycles. The second-order valence-electron chi connectivity index (χ2n) is 36.2. The lowest BCUT2D eigenvalue weighted by Crippen LogP contribution is -1.97. The summed E-state index contributed by atoms with van der Waals surface area (Å²) in [6.45, 7) is 0. The molecule has 0 aliphatic carbocycles. The van der Waals surface area contributed by atoms with Crippen LogP contribution in [0, 0.1) is 0 Å². The van der Waals surface area contributed by atoms with E-state index in [9.17, 15) is 0 Å². The van der Waals surface area contributed by atoms with Crippen molar-refractivity contribution in [3.63, 3.8) is 0 Å². The van der Waals surface area contributed by atoms with E-state index in [1.165, 1.54) is 162 Å². The van der Waals surface area contributed by atoms with Gasteiger partial charge in [0.05, 0.1) is 88.6 Å². The number of benzene rings is 21. The summed E-state index contributed by atoms with van der Waals surface area (Å²) in [4.78, 5) is 10.3. The summed E-state index contributed by atoms with van der Waals surface area (Å²) in [6.07, 6.45) is 0. The molecule has 648 valence electrons. The maximum absolute atomic E-state index is 6.38. The monoisotopic (exact) mass is 1790 g/mol. The van der Waals surface area contributed by atoms with E-state index in [2.05, 4.69) is 452 Å². The standard InChI is InChI=1S/C50H30N4S.C42H26N2O.C36H22N2O/c1-3-13-31(14-4-1)48-49(52-41-20-10-9-19-40(41)51-48)32-23-25-34(26-24-32)53-42-21-11-7-17-35(42)38-29-39-45(30-44(38)53)54(33-15-5-2-6-16-33)43-28-27-37-36-18-8-12-22-46(36)55-50(37)47(39)43;1-3-12-27(13-4-1)28-14-11-17-30(22-28)44-37-20-9-7-18-31(37)33-23-34-35-25-42-36(32-19-8-10-21-41(32)45-42)24-38(35)43(40(34)26-39(33)44)29-15-5-2-6-16-29;1-3-11-23(12-4-1)37-31-17-9-7-15-25(31)27-19-28-29-21-36-30(26-16-8-10-18-35(26)39-36)20-32(29)38(34(28)22-33(27)37)24-13-5-2-6-14-24/h1-30H;1-26H;1-22H. The average Bonchev–Trinajstić information content (AvgIpc) is 1.54. The zero-order chi connectivity index (χ0) is 91.0. The van der Waals surface area contributed by atoms with Crippen LogP contribution in [-0.2, 0) is 0 Å². The Kier molecular flexibility index (Phi) is 17.5. The van der Waals surface area contributed by atoms with Gasteiger partial charge in [-0.25, -0.2) is 9.97 Å². The molecule has 139 heavy (non-hydrogen) atoms. The van der Waals surface area contributed by atoms with Gasteiger partial charge in [-0.2, -0.15) is 0 Å². The zero-order valence-electron chi connectivity index (χ0n) is 74.8. The molecule has 0 unspecified atom stereocenters. The third-order valence-corrected chi connectivity index (χ3v) is 29.7. The molecule has 10 heterocycles. The third-order valence-electron chi connectivity index (χ3n) is 28.5. The van der Waals surface area contributed by atoms with E-state index in [0.29, 0.717) is 0 Å². The van der Waals surface area contributed by atoms with Crippen molar-refractivity contribution in [3.05, 3.63) is 473 Å². The van der Waals surface area contributed by atoms with Crippen LogP contribution in [0.1, 0.15) is 0 Å². The normalized spacial score (nSPS) is 12.0. The van der Waals surface area contributed by atoms with Gasteiger partial charge in [0.15, 0.2) is 0 Å². The highest BCUT2D eigenvalue weighted by Gasteiger charge is 2.27. The Morgan fingerprint density at radius 3 is 0.964 bits per heavy atom. The lowest BCUT2D eigenvalue weighted by atomic mass is 10.0. The van der Waals surface area contributed by atoms with Gasteiger partial charge in [-0.3, -0.25) is 0 Å². The molecule has 0 atom stereocenters. The van der Waals surface area contributed by atoms with E-state index in [1.807, 2.05) is 59.9 Å². The number of furan rings is 2. The van der Waals surface area contributed by atoms with Gasteiger partial charge in [-0.15, -0.1) is 11.3 Å². The van der Waals surface area contributed by atoms with Crippen LogP contribution in [0.15, 0.2) is 482 Å². The number of aromatic nitrogens is 8. The van der Waals surface area contributed by atoms with Crippen LogP contribution in [0.25, 0.3) is 274 Å². The number of fused-ring (bicyclic) bond motifs is 29. The molecule has 0 radical (unpaired) electrons. The van der Waals surface area contributed by atoms with Crippen LogP contribution in [0.2, 0.25) is 0 Å². The Balaban J connectivity index is 0.000000102. The lowest BCUT2D eigenvalue weighted by Gasteiger charge is -2.13. The van der Waals surface area contributed by atoms with Gasteiger partial charge in [-0.05, 0) is 199 Å². The number of hydrogen-bond donors (Lipinski definition) is 0. The summed E-state index contributed by atoms with van der Waals surface area (Å²) in [5.74, 6) is 0. The van der Waals surface area contributed by atoms with Gasteiger partial charge in [0.25, 0.3) is 0 Å². The predicted molar refractivity (Wildman–Crippen MR) is 582 cm³/mol.